The van der Waals surface area contributed by atoms with Crippen molar-refractivity contribution in [2.24, 2.45) is 0 Å². The summed E-state index contributed by atoms with van der Waals surface area (Å²) in [5.74, 6) is 0.174. The third kappa shape index (κ3) is 4.07. The number of rotatable bonds is 4. The minimum Gasteiger partial charge on any atom is -0.496 e. The van der Waals surface area contributed by atoms with E-state index in [-0.39, 0.29) is 5.91 Å². The molecule has 3 heterocycles. The van der Waals surface area contributed by atoms with E-state index in [2.05, 4.69) is 14.9 Å². The normalized spacial score (nSPS) is 14.6. The van der Waals surface area contributed by atoms with Crippen LogP contribution in [-0.4, -0.2) is 66.0 Å². The van der Waals surface area contributed by atoms with Crippen molar-refractivity contribution in [2.75, 3.05) is 40.3 Å². The molecule has 1 aliphatic heterocycles. The quantitative estimate of drug-likeness (QED) is 0.506. The number of H-pyrrole nitrogens is 1. The summed E-state index contributed by atoms with van der Waals surface area (Å²) in [5.41, 5.74) is 4.33. The van der Waals surface area contributed by atoms with Crippen molar-refractivity contribution >= 4 is 16.9 Å². The average Bonchev–Trinajstić information content (AvgIpc) is 3.26. The molecule has 1 aliphatic rings. The minimum atomic E-state index is -0.441. The molecule has 2 aromatic heterocycles. The van der Waals surface area contributed by atoms with E-state index in [1.54, 1.807) is 24.3 Å². The van der Waals surface area contributed by atoms with E-state index in [9.17, 15) is 9.18 Å². The maximum atomic E-state index is 14.6. The number of ether oxygens (including phenoxy) is 1. The van der Waals surface area contributed by atoms with E-state index in [4.69, 9.17) is 4.74 Å². The van der Waals surface area contributed by atoms with Crippen LogP contribution in [-0.2, 0) is 0 Å². The van der Waals surface area contributed by atoms with Crippen molar-refractivity contribution in [3.8, 4) is 28.0 Å². The summed E-state index contributed by atoms with van der Waals surface area (Å²) in [6, 6.07) is 14.3. The highest BCUT2D eigenvalue weighted by Crippen LogP contribution is 2.36. The molecular formula is C26H25FN4O2. The molecule has 0 saturated carbocycles. The first-order valence-corrected chi connectivity index (χ1v) is 10.9. The molecule has 0 spiro atoms. The van der Waals surface area contributed by atoms with Crippen LogP contribution in [0.15, 0.2) is 60.9 Å². The van der Waals surface area contributed by atoms with Gasteiger partial charge in [0.25, 0.3) is 5.91 Å². The predicted octanol–water partition coefficient (Wildman–Crippen LogP) is 4.43. The Kier molecular flexibility index (Phi) is 5.56. The number of para-hydroxylation sites is 1. The first-order chi connectivity index (χ1) is 16.0. The smallest absolute Gasteiger partial charge is 0.254 e. The summed E-state index contributed by atoms with van der Waals surface area (Å²) in [7, 11) is 3.68. The number of nitrogens with one attached hydrogen (secondary N) is 1. The Morgan fingerprint density at radius 3 is 2.61 bits per heavy atom. The van der Waals surface area contributed by atoms with Crippen LogP contribution >= 0.6 is 0 Å². The Hall–Kier alpha value is -3.71. The molecule has 1 saturated heterocycles. The lowest BCUT2D eigenvalue weighted by atomic mass is 10.00. The number of amides is 1. The van der Waals surface area contributed by atoms with Crippen LogP contribution in [0.5, 0.6) is 5.75 Å². The Balaban J connectivity index is 1.54. The SMILES string of the molecule is COc1ccccc1-c1c[nH]c2ncc(-c3cc(F)cc(C(=O)N4CCN(C)CC4)c3)cc12. The number of carbonyl (C=O) groups excluding carboxylic acids is 1. The number of carbonyl (C=O) groups is 1. The highest BCUT2D eigenvalue weighted by atomic mass is 19.1. The summed E-state index contributed by atoms with van der Waals surface area (Å²) in [6.07, 6.45) is 3.59. The number of piperazine rings is 1. The predicted molar refractivity (Wildman–Crippen MR) is 127 cm³/mol. The van der Waals surface area contributed by atoms with Crippen molar-refractivity contribution in [1.82, 2.24) is 19.8 Å². The van der Waals surface area contributed by atoms with Gasteiger partial charge in [-0.2, -0.15) is 0 Å². The van der Waals surface area contributed by atoms with Crippen molar-refractivity contribution in [1.29, 1.82) is 0 Å². The molecule has 168 valence electrons. The third-order valence-corrected chi connectivity index (χ3v) is 6.20. The van der Waals surface area contributed by atoms with Crippen molar-refractivity contribution in [3.63, 3.8) is 0 Å². The van der Waals surface area contributed by atoms with Crippen molar-refractivity contribution in [2.45, 2.75) is 0 Å². The first-order valence-electron chi connectivity index (χ1n) is 10.9. The number of benzene rings is 2. The molecular weight excluding hydrogens is 419 g/mol. The van der Waals surface area contributed by atoms with Gasteiger partial charge >= 0.3 is 0 Å². The number of methoxy groups -OCH3 is 1. The highest BCUT2D eigenvalue weighted by molar-refractivity contribution is 5.98. The van der Waals surface area contributed by atoms with Crippen LogP contribution in [0.3, 0.4) is 0 Å². The van der Waals surface area contributed by atoms with Crippen LogP contribution in [0.25, 0.3) is 33.3 Å². The molecule has 6 nitrogen and oxygen atoms in total. The van der Waals surface area contributed by atoms with E-state index >= 15 is 0 Å². The second-order valence-corrected chi connectivity index (χ2v) is 8.35. The van der Waals surface area contributed by atoms with Gasteiger partial charge in [0.15, 0.2) is 0 Å². The van der Waals surface area contributed by atoms with Gasteiger partial charge in [-0.3, -0.25) is 4.79 Å². The van der Waals surface area contributed by atoms with E-state index in [0.29, 0.717) is 24.2 Å². The fourth-order valence-corrected chi connectivity index (χ4v) is 4.32. The highest BCUT2D eigenvalue weighted by Gasteiger charge is 2.22. The molecule has 4 aromatic rings. The summed E-state index contributed by atoms with van der Waals surface area (Å²) >= 11 is 0. The molecule has 1 fully saturated rings. The lowest BCUT2D eigenvalue weighted by molar-refractivity contribution is 0.0663. The Labute approximate surface area is 191 Å². The molecule has 0 atom stereocenters. The second-order valence-electron chi connectivity index (χ2n) is 8.35. The maximum absolute atomic E-state index is 14.6. The van der Waals surface area contributed by atoms with Gasteiger partial charge in [0.1, 0.15) is 17.2 Å². The van der Waals surface area contributed by atoms with Gasteiger partial charge in [-0.15, -0.1) is 0 Å². The molecule has 0 aliphatic carbocycles. The molecule has 5 rings (SSSR count). The lowest BCUT2D eigenvalue weighted by Gasteiger charge is -2.32. The van der Waals surface area contributed by atoms with E-state index in [0.717, 1.165) is 46.6 Å². The first kappa shape index (κ1) is 21.2. The Morgan fingerprint density at radius 2 is 1.82 bits per heavy atom. The number of hydrogen-bond acceptors (Lipinski definition) is 4. The van der Waals surface area contributed by atoms with E-state index < -0.39 is 5.82 Å². The van der Waals surface area contributed by atoms with Crippen LogP contribution in [0.2, 0.25) is 0 Å². The fraction of sp³-hybridized carbons (Fsp3) is 0.231. The van der Waals surface area contributed by atoms with Crippen molar-refractivity contribution < 1.29 is 13.9 Å². The number of pyridine rings is 1. The molecule has 7 heteroatoms. The second kappa shape index (κ2) is 8.67. The summed E-state index contributed by atoms with van der Waals surface area (Å²) in [6.45, 7) is 2.90. The Morgan fingerprint density at radius 1 is 1.03 bits per heavy atom. The molecule has 0 bridgehead atoms. The molecule has 1 N–H and O–H groups in total. The fourth-order valence-electron chi connectivity index (χ4n) is 4.32. The van der Waals surface area contributed by atoms with Gasteiger partial charge in [0, 0.05) is 66.2 Å². The van der Waals surface area contributed by atoms with Crippen LogP contribution in [0.1, 0.15) is 10.4 Å². The number of aromatic amines is 1. The maximum Gasteiger partial charge on any atom is 0.254 e. The monoisotopic (exact) mass is 444 g/mol. The molecule has 2 aromatic carbocycles. The number of aromatic nitrogens is 2. The number of halogens is 1. The zero-order valence-corrected chi connectivity index (χ0v) is 18.6. The summed E-state index contributed by atoms with van der Waals surface area (Å²) in [4.78, 5) is 24.7. The summed E-state index contributed by atoms with van der Waals surface area (Å²) < 4.78 is 20.1. The van der Waals surface area contributed by atoms with Gasteiger partial charge in [-0.1, -0.05) is 18.2 Å². The number of nitrogens with zero attached hydrogens (tertiary/aromatic N) is 3. The standard InChI is InChI=1S/C26H25FN4O2/c1-30-7-9-31(10-8-30)26(32)18-11-17(12-20(27)13-18)19-14-22-23(16-29-25(22)28-15-19)21-5-3-4-6-24(21)33-2/h3-6,11-16H,7-10H2,1-2H3,(H,28,29). The molecule has 0 unspecified atom stereocenters. The van der Waals surface area contributed by atoms with Gasteiger partial charge < -0.3 is 19.5 Å². The minimum absolute atomic E-state index is 0.144. The zero-order valence-electron chi connectivity index (χ0n) is 18.6. The van der Waals surface area contributed by atoms with Crippen LogP contribution in [0, 0.1) is 5.82 Å². The Bertz CT molecular complexity index is 1330. The molecule has 0 radical (unpaired) electrons. The number of fused-ring (bicyclic) bond motifs is 1. The largest absolute Gasteiger partial charge is 0.496 e. The third-order valence-electron chi connectivity index (χ3n) is 6.20. The summed E-state index contributed by atoms with van der Waals surface area (Å²) in [5, 5.41) is 0.896. The molecule has 33 heavy (non-hydrogen) atoms. The van der Waals surface area contributed by atoms with Gasteiger partial charge in [-0.25, -0.2) is 9.37 Å². The van der Waals surface area contributed by atoms with E-state index in [1.807, 2.05) is 43.6 Å². The van der Waals surface area contributed by atoms with Crippen LogP contribution < -0.4 is 4.74 Å². The lowest BCUT2D eigenvalue weighted by Crippen LogP contribution is -2.47. The molecule has 1 amide bonds. The number of likely N-dealkylation sites (N-methyl/N-ethyl adjacent to an activating group) is 1. The van der Waals surface area contributed by atoms with Crippen LogP contribution in [0.4, 0.5) is 4.39 Å². The average molecular weight is 445 g/mol. The van der Waals surface area contributed by atoms with Gasteiger partial charge in [0.2, 0.25) is 0 Å². The topological polar surface area (TPSA) is 61.5 Å². The zero-order chi connectivity index (χ0) is 22.9. The van der Waals surface area contributed by atoms with Gasteiger partial charge in [0.05, 0.1) is 7.11 Å². The van der Waals surface area contributed by atoms with Crippen molar-refractivity contribution in [3.05, 3.63) is 72.3 Å². The van der Waals surface area contributed by atoms with E-state index in [1.165, 1.54) is 12.1 Å². The number of hydrogen-bond donors (Lipinski definition) is 1. The van der Waals surface area contributed by atoms with Gasteiger partial charge in [-0.05, 0) is 42.9 Å².